The van der Waals surface area contributed by atoms with E-state index in [9.17, 15) is 13.5 Å². The molecule has 2 N–H and O–H groups in total. The minimum Gasteiger partial charge on any atom is -0.391 e. The molecular formula is C13H20O4S. The minimum absolute atomic E-state index is 0.0904. The van der Waals surface area contributed by atoms with E-state index in [0.717, 1.165) is 5.56 Å². The molecule has 0 amide bonds. The standard InChI is InChI=1S/C13H20O4S/c1-3-18(16,17)12-7-4-11(5-8-12)6-9-13(15)10(2)14/h4-5,7-8,10,13-15H,3,6,9H2,1-2H3. The third kappa shape index (κ3) is 4.08. The maximum absolute atomic E-state index is 11.6. The van der Waals surface area contributed by atoms with Crippen molar-refractivity contribution in [2.24, 2.45) is 0 Å². The van der Waals surface area contributed by atoms with Gasteiger partial charge in [-0.3, -0.25) is 0 Å². The van der Waals surface area contributed by atoms with Gasteiger partial charge in [-0.2, -0.15) is 0 Å². The Kier molecular flexibility index (Phi) is 5.31. The molecule has 0 aliphatic carbocycles. The van der Waals surface area contributed by atoms with Gasteiger partial charge in [-0.15, -0.1) is 0 Å². The Hall–Kier alpha value is -0.910. The van der Waals surface area contributed by atoms with Crippen molar-refractivity contribution in [3.8, 4) is 0 Å². The van der Waals surface area contributed by atoms with E-state index < -0.39 is 22.0 Å². The number of sulfone groups is 1. The largest absolute Gasteiger partial charge is 0.391 e. The predicted octanol–water partition coefficient (Wildman–Crippen LogP) is 1.15. The molecule has 5 heteroatoms. The van der Waals surface area contributed by atoms with Crippen LogP contribution in [0.4, 0.5) is 0 Å². The van der Waals surface area contributed by atoms with Crippen molar-refractivity contribution in [2.75, 3.05) is 5.75 Å². The molecule has 0 saturated heterocycles. The average molecular weight is 272 g/mol. The summed E-state index contributed by atoms with van der Waals surface area (Å²) in [5.74, 6) is 0.0904. The smallest absolute Gasteiger partial charge is 0.178 e. The summed E-state index contributed by atoms with van der Waals surface area (Å²) >= 11 is 0. The molecule has 4 nitrogen and oxygen atoms in total. The molecule has 0 bridgehead atoms. The van der Waals surface area contributed by atoms with Crippen molar-refractivity contribution < 1.29 is 18.6 Å². The van der Waals surface area contributed by atoms with Gasteiger partial charge in [0, 0.05) is 0 Å². The first kappa shape index (κ1) is 15.1. The van der Waals surface area contributed by atoms with Gasteiger partial charge in [0.1, 0.15) is 0 Å². The van der Waals surface area contributed by atoms with E-state index in [1.54, 1.807) is 38.1 Å². The van der Waals surface area contributed by atoms with Gasteiger partial charge in [-0.05, 0) is 37.5 Å². The van der Waals surface area contributed by atoms with E-state index in [2.05, 4.69) is 0 Å². The van der Waals surface area contributed by atoms with E-state index in [1.165, 1.54) is 0 Å². The maximum atomic E-state index is 11.6. The number of hydrogen-bond acceptors (Lipinski definition) is 4. The summed E-state index contributed by atoms with van der Waals surface area (Å²) in [6.07, 6.45) is -0.426. The average Bonchev–Trinajstić information content (AvgIpc) is 2.36. The molecule has 0 saturated carbocycles. The lowest BCUT2D eigenvalue weighted by molar-refractivity contribution is 0.0265. The molecule has 0 radical (unpaired) electrons. The molecule has 1 aromatic carbocycles. The number of rotatable bonds is 6. The number of aliphatic hydroxyl groups is 2. The first-order chi connectivity index (χ1) is 8.36. The molecular weight excluding hydrogens is 252 g/mol. The van der Waals surface area contributed by atoms with Crippen LogP contribution < -0.4 is 0 Å². The summed E-state index contributed by atoms with van der Waals surface area (Å²) < 4.78 is 23.2. The van der Waals surface area contributed by atoms with E-state index in [0.29, 0.717) is 17.7 Å². The molecule has 0 heterocycles. The fourth-order valence-corrected chi connectivity index (χ4v) is 2.47. The van der Waals surface area contributed by atoms with Gasteiger partial charge in [0.15, 0.2) is 9.84 Å². The zero-order chi connectivity index (χ0) is 13.8. The van der Waals surface area contributed by atoms with Gasteiger partial charge in [0.25, 0.3) is 0 Å². The molecule has 0 aliphatic rings. The fourth-order valence-electron chi connectivity index (χ4n) is 1.59. The zero-order valence-corrected chi connectivity index (χ0v) is 11.5. The summed E-state index contributed by atoms with van der Waals surface area (Å²) in [6.45, 7) is 3.16. The SMILES string of the molecule is CCS(=O)(=O)c1ccc(CCC(O)C(C)O)cc1. The Bertz CT molecular complexity index is 462. The quantitative estimate of drug-likeness (QED) is 0.815. The van der Waals surface area contributed by atoms with Crippen molar-refractivity contribution in [1.29, 1.82) is 0 Å². The first-order valence-electron chi connectivity index (χ1n) is 6.04. The molecule has 2 unspecified atom stereocenters. The highest BCUT2D eigenvalue weighted by molar-refractivity contribution is 7.91. The maximum Gasteiger partial charge on any atom is 0.178 e. The van der Waals surface area contributed by atoms with Crippen LogP contribution in [0.1, 0.15) is 25.8 Å². The predicted molar refractivity (Wildman–Crippen MR) is 70.2 cm³/mol. The number of aliphatic hydroxyl groups excluding tert-OH is 2. The molecule has 0 aliphatic heterocycles. The number of hydrogen-bond donors (Lipinski definition) is 2. The van der Waals surface area contributed by atoms with Crippen molar-refractivity contribution in [1.82, 2.24) is 0 Å². The third-order valence-corrected chi connectivity index (χ3v) is 4.70. The zero-order valence-electron chi connectivity index (χ0n) is 10.7. The van der Waals surface area contributed by atoms with Crippen LogP contribution in [0.5, 0.6) is 0 Å². The van der Waals surface area contributed by atoms with E-state index in [4.69, 9.17) is 5.11 Å². The highest BCUT2D eigenvalue weighted by Crippen LogP contribution is 2.14. The van der Waals surface area contributed by atoms with E-state index in [-0.39, 0.29) is 5.75 Å². The van der Waals surface area contributed by atoms with Crippen LogP contribution in [0, 0.1) is 0 Å². The van der Waals surface area contributed by atoms with Crippen LogP contribution in [-0.2, 0) is 16.3 Å². The van der Waals surface area contributed by atoms with Gasteiger partial charge >= 0.3 is 0 Å². The van der Waals surface area contributed by atoms with Gasteiger partial charge in [0.05, 0.1) is 22.9 Å². The van der Waals surface area contributed by atoms with Crippen molar-refractivity contribution in [2.45, 2.75) is 43.8 Å². The summed E-state index contributed by atoms with van der Waals surface area (Å²) in [4.78, 5) is 0.324. The minimum atomic E-state index is -3.15. The summed E-state index contributed by atoms with van der Waals surface area (Å²) in [5.41, 5.74) is 0.949. The monoisotopic (exact) mass is 272 g/mol. The second kappa shape index (κ2) is 6.31. The van der Waals surface area contributed by atoms with Gasteiger partial charge in [-0.25, -0.2) is 8.42 Å². The highest BCUT2D eigenvalue weighted by atomic mass is 32.2. The van der Waals surface area contributed by atoms with Gasteiger partial charge in [-0.1, -0.05) is 19.1 Å². The highest BCUT2D eigenvalue weighted by Gasteiger charge is 2.12. The van der Waals surface area contributed by atoms with Crippen molar-refractivity contribution >= 4 is 9.84 Å². The van der Waals surface area contributed by atoms with Gasteiger partial charge in [0.2, 0.25) is 0 Å². The normalized spacial score (nSPS) is 15.3. The lowest BCUT2D eigenvalue weighted by atomic mass is 10.0. The second-order valence-electron chi connectivity index (χ2n) is 4.39. The molecule has 2 atom stereocenters. The molecule has 102 valence electrons. The van der Waals surface area contributed by atoms with Crippen LogP contribution in [0.2, 0.25) is 0 Å². The molecule has 1 aromatic rings. The topological polar surface area (TPSA) is 74.6 Å². The Morgan fingerprint density at radius 1 is 1.17 bits per heavy atom. The Labute approximate surface area is 108 Å². The van der Waals surface area contributed by atoms with Gasteiger partial charge < -0.3 is 10.2 Å². The van der Waals surface area contributed by atoms with Crippen molar-refractivity contribution in [3.05, 3.63) is 29.8 Å². The molecule has 18 heavy (non-hydrogen) atoms. The van der Waals surface area contributed by atoms with Crippen LogP contribution in [0.3, 0.4) is 0 Å². The first-order valence-corrected chi connectivity index (χ1v) is 7.70. The van der Waals surface area contributed by atoms with Crippen molar-refractivity contribution in [3.63, 3.8) is 0 Å². The Balaban J connectivity index is 2.67. The Morgan fingerprint density at radius 2 is 1.72 bits per heavy atom. The molecule has 0 fully saturated rings. The van der Waals surface area contributed by atoms with E-state index in [1.807, 2.05) is 0 Å². The van der Waals surface area contributed by atoms with Crippen LogP contribution in [0.15, 0.2) is 29.2 Å². The van der Waals surface area contributed by atoms with E-state index >= 15 is 0 Å². The van der Waals surface area contributed by atoms with Crippen LogP contribution in [0.25, 0.3) is 0 Å². The molecule has 1 rings (SSSR count). The number of aryl methyl sites for hydroxylation is 1. The second-order valence-corrected chi connectivity index (χ2v) is 6.67. The lowest BCUT2D eigenvalue weighted by Crippen LogP contribution is -2.22. The Morgan fingerprint density at radius 3 is 2.17 bits per heavy atom. The molecule has 0 spiro atoms. The number of benzene rings is 1. The fraction of sp³-hybridized carbons (Fsp3) is 0.538. The summed E-state index contributed by atoms with van der Waals surface area (Å²) in [5, 5.41) is 18.6. The summed E-state index contributed by atoms with van der Waals surface area (Å²) in [7, 11) is -3.15. The third-order valence-electron chi connectivity index (χ3n) is 2.95. The van der Waals surface area contributed by atoms with Crippen LogP contribution in [-0.4, -0.2) is 36.6 Å². The summed E-state index contributed by atoms with van der Waals surface area (Å²) in [6, 6.07) is 6.67. The van der Waals surface area contributed by atoms with Crippen LogP contribution >= 0.6 is 0 Å². The lowest BCUT2D eigenvalue weighted by Gasteiger charge is -2.13. The molecule has 0 aromatic heterocycles.